The van der Waals surface area contributed by atoms with E-state index in [0.29, 0.717) is 15.5 Å². The Hall–Kier alpha value is -1.99. The minimum atomic E-state index is -0.285. The number of hydrogen-bond donors (Lipinski definition) is 1. The van der Waals surface area contributed by atoms with Crippen molar-refractivity contribution in [1.29, 1.82) is 0 Å². The Morgan fingerprint density at radius 1 is 1.37 bits per heavy atom. The van der Waals surface area contributed by atoms with Crippen molar-refractivity contribution in [2.45, 2.75) is 6.92 Å². The van der Waals surface area contributed by atoms with E-state index in [0.717, 1.165) is 0 Å². The summed E-state index contributed by atoms with van der Waals surface area (Å²) < 4.78 is 1.43. The molecule has 7 heteroatoms. The molecule has 0 fully saturated rings. The fourth-order valence-electron chi connectivity index (χ4n) is 1.71. The lowest BCUT2D eigenvalue weighted by atomic mass is 10.3. The molecule has 0 spiro atoms. The molecule has 3 rings (SSSR count). The zero-order valence-corrected chi connectivity index (χ0v) is 11.5. The number of aromatic nitrogens is 2. The van der Waals surface area contributed by atoms with Crippen LogP contribution in [0.25, 0.3) is 4.96 Å². The lowest BCUT2D eigenvalue weighted by molar-refractivity contribution is 0.103. The fraction of sp³-hybridized carbons (Fsp3) is 0.0833. The number of nitrogens with one attached hydrogen (secondary N) is 1. The second kappa shape index (κ2) is 4.60. The molecular formula is C12H9N3O2S2. The molecule has 0 bridgehead atoms. The summed E-state index contributed by atoms with van der Waals surface area (Å²) in [5.41, 5.74) is 0.500. The standard InChI is InChI=1S/C12H9N3O2S2/c1-7-9(14-10(16)8-3-2-5-18-8)11(17)15-4-6-19-12(15)13-7/h2-6H,1H3,(H,14,16). The normalized spacial score (nSPS) is 10.8. The van der Waals surface area contributed by atoms with Gasteiger partial charge in [-0.1, -0.05) is 6.07 Å². The van der Waals surface area contributed by atoms with Crippen molar-refractivity contribution in [2.24, 2.45) is 0 Å². The summed E-state index contributed by atoms with van der Waals surface area (Å²) >= 11 is 2.71. The summed E-state index contributed by atoms with van der Waals surface area (Å²) in [6, 6.07) is 3.50. The topological polar surface area (TPSA) is 63.5 Å². The number of anilines is 1. The summed E-state index contributed by atoms with van der Waals surface area (Å²) in [5.74, 6) is -0.285. The van der Waals surface area contributed by atoms with Gasteiger partial charge in [-0.25, -0.2) is 4.98 Å². The largest absolute Gasteiger partial charge is 0.315 e. The first kappa shape index (κ1) is 12.1. The first-order valence-corrected chi connectivity index (χ1v) is 7.24. The van der Waals surface area contributed by atoms with Gasteiger partial charge in [-0.15, -0.1) is 22.7 Å². The SMILES string of the molecule is Cc1nc2sccn2c(=O)c1NC(=O)c1cccs1. The van der Waals surface area contributed by atoms with Gasteiger partial charge in [0.15, 0.2) is 4.96 Å². The van der Waals surface area contributed by atoms with Crippen molar-refractivity contribution in [3.63, 3.8) is 0 Å². The van der Waals surface area contributed by atoms with Crippen molar-refractivity contribution >= 4 is 39.2 Å². The van der Waals surface area contributed by atoms with E-state index >= 15 is 0 Å². The molecule has 0 aliphatic heterocycles. The minimum absolute atomic E-state index is 0.231. The maximum Gasteiger partial charge on any atom is 0.282 e. The molecule has 1 N–H and O–H groups in total. The Morgan fingerprint density at radius 2 is 2.21 bits per heavy atom. The van der Waals surface area contributed by atoms with Gasteiger partial charge in [0.2, 0.25) is 0 Å². The number of hydrogen-bond acceptors (Lipinski definition) is 5. The smallest absolute Gasteiger partial charge is 0.282 e. The molecule has 0 saturated carbocycles. The summed E-state index contributed by atoms with van der Waals surface area (Å²) in [5, 5.41) is 6.24. The number of amides is 1. The second-order valence-electron chi connectivity index (χ2n) is 3.86. The van der Waals surface area contributed by atoms with Gasteiger partial charge in [0.05, 0.1) is 10.6 Å². The third-order valence-electron chi connectivity index (χ3n) is 2.63. The molecule has 3 heterocycles. The summed E-state index contributed by atoms with van der Waals surface area (Å²) in [6.45, 7) is 1.71. The van der Waals surface area contributed by atoms with Crippen LogP contribution >= 0.6 is 22.7 Å². The first-order valence-electron chi connectivity index (χ1n) is 5.48. The van der Waals surface area contributed by atoms with Gasteiger partial charge in [-0.2, -0.15) is 0 Å². The number of thiophene rings is 1. The zero-order valence-electron chi connectivity index (χ0n) is 9.91. The Labute approximate surface area is 116 Å². The van der Waals surface area contributed by atoms with Gasteiger partial charge >= 0.3 is 0 Å². The molecule has 1 amide bonds. The highest BCUT2D eigenvalue weighted by Crippen LogP contribution is 2.15. The van der Waals surface area contributed by atoms with Crippen LogP contribution in [0.4, 0.5) is 5.69 Å². The van der Waals surface area contributed by atoms with Crippen LogP contribution in [0.1, 0.15) is 15.4 Å². The van der Waals surface area contributed by atoms with Crippen LogP contribution in [0.5, 0.6) is 0 Å². The number of carbonyl (C=O) groups is 1. The monoisotopic (exact) mass is 291 g/mol. The third-order valence-corrected chi connectivity index (χ3v) is 4.26. The van der Waals surface area contributed by atoms with Crippen molar-refractivity contribution in [3.8, 4) is 0 Å². The molecule has 0 aromatic carbocycles. The van der Waals surface area contributed by atoms with E-state index in [-0.39, 0.29) is 17.2 Å². The van der Waals surface area contributed by atoms with Crippen LogP contribution in [-0.2, 0) is 0 Å². The van der Waals surface area contributed by atoms with E-state index in [1.807, 2.05) is 5.38 Å². The molecule has 96 valence electrons. The molecular weight excluding hydrogens is 282 g/mol. The highest BCUT2D eigenvalue weighted by Gasteiger charge is 2.14. The maximum atomic E-state index is 12.2. The van der Waals surface area contributed by atoms with Crippen LogP contribution in [0.15, 0.2) is 33.9 Å². The molecule has 5 nitrogen and oxygen atoms in total. The quantitative estimate of drug-likeness (QED) is 0.788. The van der Waals surface area contributed by atoms with Gasteiger partial charge < -0.3 is 5.32 Å². The zero-order chi connectivity index (χ0) is 13.4. The van der Waals surface area contributed by atoms with Crippen molar-refractivity contribution in [1.82, 2.24) is 9.38 Å². The minimum Gasteiger partial charge on any atom is -0.315 e. The van der Waals surface area contributed by atoms with E-state index in [4.69, 9.17) is 0 Å². The average Bonchev–Trinajstić information content (AvgIpc) is 3.04. The Bertz CT molecular complexity index is 802. The van der Waals surface area contributed by atoms with E-state index < -0.39 is 0 Å². The van der Waals surface area contributed by atoms with E-state index in [2.05, 4.69) is 10.3 Å². The lowest BCUT2D eigenvalue weighted by Crippen LogP contribution is -2.23. The van der Waals surface area contributed by atoms with Crippen LogP contribution < -0.4 is 10.9 Å². The van der Waals surface area contributed by atoms with Gasteiger partial charge in [0.25, 0.3) is 11.5 Å². The van der Waals surface area contributed by atoms with Crippen LogP contribution in [0.3, 0.4) is 0 Å². The number of fused-ring (bicyclic) bond motifs is 1. The molecule has 3 aromatic rings. The molecule has 0 unspecified atom stereocenters. The van der Waals surface area contributed by atoms with Crippen LogP contribution in [0, 0.1) is 6.92 Å². The Morgan fingerprint density at radius 3 is 2.95 bits per heavy atom. The molecule has 0 atom stereocenters. The highest BCUT2D eigenvalue weighted by atomic mass is 32.1. The molecule has 19 heavy (non-hydrogen) atoms. The van der Waals surface area contributed by atoms with Crippen LogP contribution in [-0.4, -0.2) is 15.3 Å². The summed E-state index contributed by atoms with van der Waals surface area (Å²) in [4.78, 5) is 29.7. The van der Waals surface area contributed by atoms with E-state index in [1.54, 1.807) is 30.6 Å². The third kappa shape index (κ3) is 2.06. The predicted molar refractivity (Wildman–Crippen MR) is 76.3 cm³/mol. The fourth-order valence-corrected chi connectivity index (χ4v) is 3.08. The number of nitrogens with zero attached hydrogens (tertiary/aromatic N) is 2. The molecule has 0 aliphatic rings. The Kier molecular flexibility index (Phi) is 2.92. The van der Waals surface area contributed by atoms with Crippen LogP contribution in [0.2, 0.25) is 0 Å². The predicted octanol–water partition coefficient (Wildman–Crippen LogP) is 2.38. The summed E-state index contributed by atoms with van der Waals surface area (Å²) in [7, 11) is 0. The number of aryl methyl sites for hydroxylation is 1. The first-order chi connectivity index (χ1) is 9.16. The van der Waals surface area contributed by atoms with Crippen molar-refractivity contribution < 1.29 is 4.79 Å². The average molecular weight is 291 g/mol. The lowest BCUT2D eigenvalue weighted by Gasteiger charge is -2.06. The van der Waals surface area contributed by atoms with E-state index in [9.17, 15) is 9.59 Å². The maximum absolute atomic E-state index is 12.2. The summed E-state index contributed by atoms with van der Waals surface area (Å²) in [6.07, 6.45) is 1.65. The molecule has 0 saturated heterocycles. The van der Waals surface area contributed by atoms with Gasteiger partial charge in [0.1, 0.15) is 5.69 Å². The van der Waals surface area contributed by atoms with Gasteiger partial charge in [0, 0.05) is 11.6 Å². The number of rotatable bonds is 2. The van der Waals surface area contributed by atoms with Gasteiger partial charge in [-0.05, 0) is 18.4 Å². The number of thiazole rings is 1. The Balaban J connectivity index is 2.05. The highest BCUT2D eigenvalue weighted by molar-refractivity contribution is 7.15. The van der Waals surface area contributed by atoms with Crippen molar-refractivity contribution in [3.05, 3.63) is 50.0 Å². The molecule has 0 aliphatic carbocycles. The number of carbonyl (C=O) groups excluding carboxylic acids is 1. The second-order valence-corrected chi connectivity index (χ2v) is 5.69. The molecule has 0 radical (unpaired) electrons. The molecule has 3 aromatic heterocycles. The van der Waals surface area contributed by atoms with Crippen molar-refractivity contribution in [2.75, 3.05) is 5.32 Å². The van der Waals surface area contributed by atoms with Gasteiger partial charge in [-0.3, -0.25) is 14.0 Å². The van der Waals surface area contributed by atoms with E-state index in [1.165, 1.54) is 27.1 Å².